The van der Waals surface area contributed by atoms with E-state index in [-0.39, 0.29) is 24.2 Å². The molecule has 20 heavy (non-hydrogen) atoms. The molecule has 0 amide bonds. The van der Waals surface area contributed by atoms with Crippen molar-refractivity contribution in [2.24, 2.45) is 11.8 Å². The first kappa shape index (κ1) is 16.9. The van der Waals surface area contributed by atoms with Crippen molar-refractivity contribution in [1.82, 2.24) is 0 Å². The number of carbonyl (C=O) groups is 1. The molecule has 1 rings (SSSR count). The maximum atomic E-state index is 11.9. The van der Waals surface area contributed by atoms with Crippen LogP contribution >= 0.6 is 0 Å². The topological polar surface area (TPSA) is 60.4 Å². The largest absolute Gasteiger partial charge is 0.299 e. The highest BCUT2D eigenvalue weighted by atomic mass is 32.2. The first-order chi connectivity index (χ1) is 9.28. The molecule has 112 valence electrons. The van der Waals surface area contributed by atoms with E-state index in [9.17, 15) is 13.2 Å². The molecule has 0 aliphatic heterocycles. The first-order valence-electron chi connectivity index (χ1n) is 6.69. The van der Waals surface area contributed by atoms with Crippen LogP contribution in [0.2, 0.25) is 0 Å². The summed E-state index contributed by atoms with van der Waals surface area (Å²) < 4.78 is 27.1. The van der Waals surface area contributed by atoms with Gasteiger partial charge in [0.25, 0.3) is 10.1 Å². The summed E-state index contributed by atoms with van der Waals surface area (Å²) in [6, 6.07) is 9.70. The van der Waals surface area contributed by atoms with Gasteiger partial charge in [0.05, 0.1) is 12.9 Å². The van der Waals surface area contributed by atoms with E-state index in [0.29, 0.717) is 12.8 Å². The van der Waals surface area contributed by atoms with Gasteiger partial charge in [-0.15, -0.1) is 0 Å². The number of carbonyl (C=O) groups excluding carboxylic acids is 1. The third-order valence-corrected chi connectivity index (χ3v) is 3.58. The predicted molar refractivity (Wildman–Crippen MR) is 78.9 cm³/mol. The number of hydrogen-bond donors (Lipinski definition) is 0. The fraction of sp³-hybridized carbons (Fsp3) is 0.533. The maximum Gasteiger partial charge on any atom is 0.264 e. The highest BCUT2D eigenvalue weighted by Gasteiger charge is 2.19. The zero-order valence-corrected chi connectivity index (χ0v) is 13.0. The SMILES string of the molecule is CC(C)C(=O)C[C@H](COS(C)(=O)=O)Cc1ccccc1. The Morgan fingerprint density at radius 1 is 1.20 bits per heavy atom. The molecule has 5 heteroatoms. The van der Waals surface area contributed by atoms with Crippen LogP contribution in [0.25, 0.3) is 0 Å². The van der Waals surface area contributed by atoms with Crippen molar-refractivity contribution < 1.29 is 17.4 Å². The molecule has 4 nitrogen and oxygen atoms in total. The lowest BCUT2D eigenvalue weighted by molar-refractivity contribution is -0.123. The van der Waals surface area contributed by atoms with E-state index in [0.717, 1.165) is 11.8 Å². The van der Waals surface area contributed by atoms with Gasteiger partial charge < -0.3 is 0 Å². The number of rotatable bonds is 8. The van der Waals surface area contributed by atoms with Gasteiger partial charge in [-0.1, -0.05) is 44.2 Å². The molecule has 0 unspecified atom stereocenters. The molecule has 0 aliphatic rings. The molecular formula is C15H22O4S. The average Bonchev–Trinajstić information content (AvgIpc) is 2.36. The number of Topliss-reactive ketones (excluding diaryl/α,β-unsaturated/α-hetero) is 1. The molecule has 0 heterocycles. The van der Waals surface area contributed by atoms with Crippen molar-refractivity contribution in [3.05, 3.63) is 35.9 Å². The summed E-state index contributed by atoms with van der Waals surface area (Å²) in [6.45, 7) is 3.74. The van der Waals surface area contributed by atoms with Crippen molar-refractivity contribution in [2.75, 3.05) is 12.9 Å². The summed E-state index contributed by atoms with van der Waals surface area (Å²) in [4.78, 5) is 11.9. The minimum absolute atomic E-state index is 0.0478. The zero-order chi connectivity index (χ0) is 15.2. The molecular weight excluding hydrogens is 276 g/mol. The van der Waals surface area contributed by atoms with E-state index in [2.05, 4.69) is 0 Å². The number of hydrogen-bond acceptors (Lipinski definition) is 4. The fourth-order valence-corrected chi connectivity index (χ4v) is 2.32. The molecule has 0 saturated carbocycles. The first-order valence-corrected chi connectivity index (χ1v) is 8.50. The number of ketones is 1. The van der Waals surface area contributed by atoms with Crippen LogP contribution in [0.5, 0.6) is 0 Å². The van der Waals surface area contributed by atoms with Crippen LogP contribution in [0.3, 0.4) is 0 Å². The van der Waals surface area contributed by atoms with E-state index in [1.165, 1.54) is 0 Å². The third-order valence-electron chi connectivity index (χ3n) is 3.02. The Bertz CT molecular complexity index is 520. The standard InChI is InChI=1S/C15H22O4S/c1-12(2)15(16)10-14(11-19-20(3,17)18)9-13-7-5-4-6-8-13/h4-8,12,14H,9-11H2,1-3H3/t14-/m1/s1. The van der Waals surface area contributed by atoms with Crippen LogP contribution in [-0.2, 0) is 25.5 Å². The molecule has 0 aromatic heterocycles. The van der Waals surface area contributed by atoms with E-state index in [4.69, 9.17) is 4.18 Å². The van der Waals surface area contributed by atoms with Gasteiger partial charge in [0.2, 0.25) is 0 Å². The van der Waals surface area contributed by atoms with Crippen molar-refractivity contribution in [3.63, 3.8) is 0 Å². The summed E-state index contributed by atoms with van der Waals surface area (Å²) in [7, 11) is -3.48. The van der Waals surface area contributed by atoms with E-state index >= 15 is 0 Å². The second-order valence-corrected chi connectivity index (χ2v) is 7.01. The molecule has 1 atom stereocenters. The normalized spacial score (nSPS) is 13.4. The lowest BCUT2D eigenvalue weighted by Gasteiger charge is -2.17. The quantitative estimate of drug-likeness (QED) is 0.692. The van der Waals surface area contributed by atoms with Crippen molar-refractivity contribution in [1.29, 1.82) is 0 Å². The Morgan fingerprint density at radius 3 is 2.30 bits per heavy atom. The van der Waals surface area contributed by atoms with Gasteiger partial charge in [-0.25, -0.2) is 0 Å². The van der Waals surface area contributed by atoms with Crippen LogP contribution in [0.15, 0.2) is 30.3 Å². The Hall–Kier alpha value is -1.20. The smallest absolute Gasteiger partial charge is 0.264 e. The summed E-state index contributed by atoms with van der Waals surface area (Å²) in [5, 5.41) is 0. The van der Waals surface area contributed by atoms with Gasteiger partial charge >= 0.3 is 0 Å². The van der Waals surface area contributed by atoms with Gasteiger partial charge in [-0.3, -0.25) is 8.98 Å². The molecule has 0 N–H and O–H groups in total. The fourth-order valence-electron chi connectivity index (χ4n) is 1.88. The van der Waals surface area contributed by atoms with Crippen LogP contribution in [0, 0.1) is 11.8 Å². The van der Waals surface area contributed by atoms with E-state index in [1.54, 1.807) is 0 Å². The molecule has 0 spiro atoms. The highest BCUT2D eigenvalue weighted by Crippen LogP contribution is 2.16. The molecule has 1 aromatic rings. The van der Waals surface area contributed by atoms with E-state index in [1.807, 2.05) is 44.2 Å². The molecule has 0 fully saturated rings. The van der Waals surface area contributed by atoms with Gasteiger partial charge in [0.15, 0.2) is 0 Å². The lowest BCUT2D eigenvalue weighted by atomic mass is 9.92. The minimum atomic E-state index is -3.48. The predicted octanol–water partition coefficient (Wildman–Crippen LogP) is 2.44. The molecule has 0 aliphatic carbocycles. The van der Waals surface area contributed by atoms with Crippen LogP contribution < -0.4 is 0 Å². The summed E-state index contributed by atoms with van der Waals surface area (Å²) >= 11 is 0. The molecule has 0 radical (unpaired) electrons. The summed E-state index contributed by atoms with van der Waals surface area (Å²) in [6.07, 6.45) is 1.99. The number of benzene rings is 1. The van der Waals surface area contributed by atoms with Crippen molar-refractivity contribution in [3.8, 4) is 0 Å². The second kappa shape index (κ2) is 7.55. The van der Waals surface area contributed by atoms with Crippen LogP contribution in [-0.4, -0.2) is 27.1 Å². The van der Waals surface area contributed by atoms with Gasteiger partial charge in [-0.2, -0.15) is 8.42 Å². The lowest BCUT2D eigenvalue weighted by Crippen LogP contribution is -2.21. The minimum Gasteiger partial charge on any atom is -0.299 e. The van der Waals surface area contributed by atoms with E-state index < -0.39 is 10.1 Å². The van der Waals surface area contributed by atoms with Gasteiger partial charge in [0, 0.05) is 12.3 Å². The summed E-state index contributed by atoms with van der Waals surface area (Å²) in [5.74, 6) is -0.0448. The van der Waals surface area contributed by atoms with Crippen LogP contribution in [0.4, 0.5) is 0 Å². The maximum absolute atomic E-state index is 11.9. The second-order valence-electron chi connectivity index (χ2n) is 5.37. The Kier molecular flexibility index (Phi) is 6.36. The van der Waals surface area contributed by atoms with Crippen molar-refractivity contribution >= 4 is 15.9 Å². The monoisotopic (exact) mass is 298 g/mol. The van der Waals surface area contributed by atoms with Crippen molar-refractivity contribution in [2.45, 2.75) is 26.7 Å². The highest BCUT2D eigenvalue weighted by molar-refractivity contribution is 7.85. The zero-order valence-electron chi connectivity index (χ0n) is 12.2. The Morgan fingerprint density at radius 2 is 1.80 bits per heavy atom. The van der Waals surface area contributed by atoms with Gasteiger partial charge in [-0.05, 0) is 17.9 Å². The average molecular weight is 298 g/mol. The Labute approximate surface area is 121 Å². The third kappa shape index (κ3) is 6.82. The molecule has 1 aromatic carbocycles. The van der Waals surface area contributed by atoms with Crippen LogP contribution in [0.1, 0.15) is 25.8 Å². The van der Waals surface area contributed by atoms with Gasteiger partial charge in [0.1, 0.15) is 5.78 Å². The summed E-state index contributed by atoms with van der Waals surface area (Å²) in [5.41, 5.74) is 1.08. The molecule has 0 saturated heterocycles. The Balaban J connectivity index is 2.70. The molecule has 0 bridgehead atoms.